The van der Waals surface area contributed by atoms with Crippen LogP contribution in [0.4, 0.5) is 0 Å². The number of aryl methyl sites for hydroxylation is 1. The highest BCUT2D eigenvalue weighted by Crippen LogP contribution is 2.33. The number of carbonyl (C=O) groups excluding carboxylic acids is 1. The molecule has 0 saturated carbocycles. The monoisotopic (exact) mass is 285 g/mol. The van der Waals surface area contributed by atoms with E-state index >= 15 is 0 Å². The smallest absolute Gasteiger partial charge is 0.257 e. The van der Waals surface area contributed by atoms with Gasteiger partial charge in [-0.25, -0.2) is 0 Å². The van der Waals surface area contributed by atoms with Crippen LogP contribution in [0.1, 0.15) is 34.8 Å². The number of likely N-dealkylation sites (tertiary alicyclic amines) is 1. The van der Waals surface area contributed by atoms with Crippen LogP contribution in [0.15, 0.2) is 36.7 Å². The summed E-state index contributed by atoms with van der Waals surface area (Å²) in [4.78, 5) is 14.6. The minimum atomic E-state index is 0.0569. The molecule has 5 heteroatoms. The number of benzene rings is 1. The molecular formula is C16H19N3O2. The third-order valence-corrected chi connectivity index (χ3v) is 3.97. The lowest BCUT2D eigenvalue weighted by molar-refractivity contribution is 0.0735. The molecule has 1 saturated heterocycles. The lowest BCUT2D eigenvalue weighted by atomic mass is 10.0. The summed E-state index contributed by atoms with van der Waals surface area (Å²) in [5.74, 6) is 0.892. The van der Waals surface area contributed by atoms with Crippen molar-refractivity contribution in [1.29, 1.82) is 0 Å². The van der Waals surface area contributed by atoms with Crippen molar-refractivity contribution < 1.29 is 9.53 Å². The zero-order valence-electron chi connectivity index (χ0n) is 12.3. The Balaban J connectivity index is 1.83. The van der Waals surface area contributed by atoms with Gasteiger partial charge in [-0.05, 0) is 30.5 Å². The predicted octanol–water partition coefficient (Wildman–Crippen LogP) is 2.41. The molecule has 1 aliphatic rings. The highest BCUT2D eigenvalue weighted by atomic mass is 16.5. The van der Waals surface area contributed by atoms with Crippen molar-refractivity contribution in [3.63, 3.8) is 0 Å². The molecule has 1 aromatic heterocycles. The summed E-state index contributed by atoms with van der Waals surface area (Å²) in [6, 6.07) is 8.11. The van der Waals surface area contributed by atoms with Crippen molar-refractivity contribution in [2.24, 2.45) is 7.05 Å². The van der Waals surface area contributed by atoms with E-state index in [0.29, 0.717) is 5.56 Å². The van der Waals surface area contributed by atoms with Crippen LogP contribution in [0.2, 0.25) is 0 Å². The Morgan fingerprint density at radius 3 is 2.71 bits per heavy atom. The lowest BCUT2D eigenvalue weighted by Gasteiger charge is -2.24. The average Bonchev–Trinajstić information content (AvgIpc) is 3.15. The molecule has 0 N–H and O–H groups in total. The van der Waals surface area contributed by atoms with Gasteiger partial charge in [-0.3, -0.25) is 9.48 Å². The Bertz CT molecular complexity index is 633. The fourth-order valence-electron chi connectivity index (χ4n) is 2.88. The Morgan fingerprint density at radius 1 is 1.33 bits per heavy atom. The van der Waals surface area contributed by atoms with E-state index < -0.39 is 0 Å². The molecule has 1 amide bonds. The summed E-state index contributed by atoms with van der Waals surface area (Å²) in [7, 11) is 3.48. The second-order valence-corrected chi connectivity index (χ2v) is 5.33. The Morgan fingerprint density at radius 2 is 2.10 bits per heavy atom. The van der Waals surface area contributed by atoms with E-state index in [-0.39, 0.29) is 11.9 Å². The van der Waals surface area contributed by atoms with Gasteiger partial charge in [0.2, 0.25) is 0 Å². The largest absolute Gasteiger partial charge is 0.497 e. The number of carbonyl (C=O) groups is 1. The van der Waals surface area contributed by atoms with Crippen molar-refractivity contribution in [2.45, 2.75) is 18.9 Å². The molecule has 1 unspecified atom stereocenters. The minimum Gasteiger partial charge on any atom is -0.497 e. The zero-order valence-corrected chi connectivity index (χ0v) is 12.3. The summed E-state index contributed by atoms with van der Waals surface area (Å²) in [5, 5.41) is 4.08. The van der Waals surface area contributed by atoms with Crippen LogP contribution in [0.25, 0.3) is 0 Å². The van der Waals surface area contributed by atoms with Gasteiger partial charge in [0, 0.05) is 19.8 Å². The van der Waals surface area contributed by atoms with Crippen LogP contribution in [0.5, 0.6) is 5.75 Å². The molecule has 1 aliphatic heterocycles. The van der Waals surface area contributed by atoms with Gasteiger partial charge < -0.3 is 9.64 Å². The number of ether oxygens (including phenoxy) is 1. The van der Waals surface area contributed by atoms with Crippen LogP contribution >= 0.6 is 0 Å². The first-order valence-electron chi connectivity index (χ1n) is 7.12. The SMILES string of the molecule is COc1ccc(C2CCCN2C(=O)c2cnn(C)c2)cc1. The quantitative estimate of drug-likeness (QED) is 0.870. The summed E-state index contributed by atoms with van der Waals surface area (Å²) in [6.45, 7) is 0.796. The van der Waals surface area contributed by atoms with Crippen LogP contribution in [0.3, 0.4) is 0 Å². The van der Waals surface area contributed by atoms with Crippen molar-refractivity contribution in [3.05, 3.63) is 47.8 Å². The van der Waals surface area contributed by atoms with E-state index in [1.54, 1.807) is 24.2 Å². The molecule has 5 nitrogen and oxygen atoms in total. The number of hydrogen-bond donors (Lipinski definition) is 0. The number of methoxy groups -OCH3 is 1. The molecule has 0 spiro atoms. The van der Waals surface area contributed by atoms with Crippen molar-refractivity contribution in [1.82, 2.24) is 14.7 Å². The van der Waals surface area contributed by atoms with E-state index in [9.17, 15) is 4.79 Å². The van der Waals surface area contributed by atoms with Gasteiger partial charge in [0.1, 0.15) is 5.75 Å². The van der Waals surface area contributed by atoms with Gasteiger partial charge in [0.05, 0.1) is 24.9 Å². The minimum absolute atomic E-state index is 0.0569. The second kappa shape index (κ2) is 5.60. The first-order chi connectivity index (χ1) is 10.2. The highest BCUT2D eigenvalue weighted by molar-refractivity contribution is 5.94. The van der Waals surface area contributed by atoms with Crippen molar-refractivity contribution in [2.75, 3.05) is 13.7 Å². The molecule has 2 heterocycles. The summed E-state index contributed by atoms with van der Waals surface area (Å²) < 4.78 is 6.85. The zero-order chi connectivity index (χ0) is 14.8. The van der Waals surface area contributed by atoms with Crippen LogP contribution < -0.4 is 4.74 Å². The van der Waals surface area contributed by atoms with Gasteiger partial charge in [0.15, 0.2) is 0 Å². The first-order valence-corrected chi connectivity index (χ1v) is 7.12. The molecule has 0 aliphatic carbocycles. The maximum atomic E-state index is 12.6. The Hall–Kier alpha value is -2.30. The number of hydrogen-bond acceptors (Lipinski definition) is 3. The van der Waals surface area contributed by atoms with Crippen molar-refractivity contribution in [3.8, 4) is 5.75 Å². The number of nitrogens with zero attached hydrogens (tertiary/aromatic N) is 3. The highest BCUT2D eigenvalue weighted by Gasteiger charge is 2.31. The lowest BCUT2D eigenvalue weighted by Crippen LogP contribution is -2.30. The summed E-state index contributed by atoms with van der Waals surface area (Å²) in [6.07, 6.45) is 5.43. The predicted molar refractivity (Wildman–Crippen MR) is 79.2 cm³/mol. The third kappa shape index (κ3) is 2.63. The Kier molecular flexibility index (Phi) is 3.64. The first kappa shape index (κ1) is 13.7. The van der Waals surface area contributed by atoms with E-state index in [1.807, 2.05) is 36.2 Å². The molecule has 21 heavy (non-hydrogen) atoms. The van der Waals surface area contributed by atoms with Gasteiger partial charge in [-0.1, -0.05) is 12.1 Å². The Labute approximate surface area is 124 Å². The fraction of sp³-hybridized carbons (Fsp3) is 0.375. The molecular weight excluding hydrogens is 266 g/mol. The second-order valence-electron chi connectivity index (χ2n) is 5.33. The van der Waals surface area contributed by atoms with Crippen LogP contribution in [0, 0.1) is 0 Å². The van der Waals surface area contributed by atoms with Gasteiger partial charge in [0.25, 0.3) is 5.91 Å². The van der Waals surface area contributed by atoms with E-state index in [0.717, 1.165) is 30.7 Å². The molecule has 1 aromatic carbocycles. The molecule has 2 aromatic rings. The molecule has 1 atom stereocenters. The van der Waals surface area contributed by atoms with Gasteiger partial charge >= 0.3 is 0 Å². The normalized spacial score (nSPS) is 18.0. The van der Waals surface area contributed by atoms with Crippen LogP contribution in [-0.4, -0.2) is 34.2 Å². The molecule has 0 radical (unpaired) electrons. The van der Waals surface area contributed by atoms with Crippen LogP contribution in [-0.2, 0) is 7.05 Å². The molecule has 3 rings (SSSR count). The maximum absolute atomic E-state index is 12.6. The average molecular weight is 285 g/mol. The summed E-state index contributed by atoms with van der Waals surface area (Å²) in [5.41, 5.74) is 1.81. The fourth-order valence-corrected chi connectivity index (χ4v) is 2.88. The van der Waals surface area contributed by atoms with E-state index in [2.05, 4.69) is 5.10 Å². The standard InChI is InChI=1S/C16H19N3O2/c1-18-11-13(10-17-18)16(20)19-9-3-4-15(19)12-5-7-14(21-2)8-6-12/h5-8,10-11,15H,3-4,9H2,1-2H3. The molecule has 110 valence electrons. The number of amides is 1. The number of rotatable bonds is 3. The molecule has 1 fully saturated rings. The van der Waals surface area contributed by atoms with Gasteiger partial charge in [-0.2, -0.15) is 5.10 Å². The van der Waals surface area contributed by atoms with Gasteiger partial charge in [-0.15, -0.1) is 0 Å². The topological polar surface area (TPSA) is 47.4 Å². The number of aromatic nitrogens is 2. The summed E-state index contributed by atoms with van der Waals surface area (Å²) >= 11 is 0. The third-order valence-electron chi connectivity index (χ3n) is 3.97. The van der Waals surface area contributed by atoms with Crippen molar-refractivity contribution >= 4 is 5.91 Å². The molecule has 0 bridgehead atoms. The maximum Gasteiger partial charge on any atom is 0.257 e. The van der Waals surface area contributed by atoms with E-state index in [1.165, 1.54) is 0 Å². The van der Waals surface area contributed by atoms with E-state index in [4.69, 9.17) is 4.74 Å².